The molecule has 0 aliphatic carbocycles. The first kappa shape index (κ1) is 29.3. The number of nitrogens with zero attached hydrogens (tertiary/aromatic N) is 4. The van der Waals surface area contributed by atoms with E-state index in [-0.39, 0.29) is 18.7 Å². The van der Waals surface area contributed by atoms with Crippen LogP contribution in [0.25, 0.3) is 22.5 Å². The number of hydrogen-bond acceptors (Lipinski definition) is 8. The van der Waals surface area contributed by atoms with Gasteiger partial charge in [0.15, 0.2) is 5.82 Å². The van der Waals surface area contributed by atoms with E-state index in [4.69, 9.17) is 18.9 Å². The third-order valence-electron chi connectivity index (χ3n) is 5.74. The number of carbonyl (C=O) groups excluding carboxylic acids is 1. The van der Waals surface area contributed by atoms with Crippen molar-refractivity contribution < 1.29 is 23.7 Å². The fraction of sp³-hybridized carbons (Fsp3) is 0.500. The van der Waals surface area contributed by atoms with Crippen molar-refractivity contribution in [2.75, 3.05) is 20.3 Å². The maximum absolute atomic E-state index is 11.8. The molecule has 0 amide bonds. The number of pyridine rings is 1. The second-order valence-electron chi connectivity index (χ2n) is 11.4. The molecule has 0 aliphatic rings. The van der Waals surface area contributed by atoms with Crippen LogP contribution in [0.4, 0.5) is 0 Å². The van der Waals surface area contributed by atoms with Gasteiger partial charge in [0.05, 0.1) is 18.6 Å². The van der Waals surface area contributed by atoms with Crippen LogP contribution in [-0.2, 0) is 21.0 Å². The lowest BCUT2D eigenvalue weighted by Crippen LogP contribution is -2.32. The molecule has 0 bridgehead atoms. The molecule has 2 aromatic heterocycles. The molecular weight excluding hydrogens is 500 g/mol. The van der Waals surface area contributed by atoms with Crippen molar-refractivity contribution in [3.63, 3.8) is 0 Å². The van der Waals surface area contributed by atoms with Gasteiger partial charge in [0, 0.05) is 38.1 Å². The molecule has 3 rings (SSSR count). The molecule has 0 aliphatic heterocycles. The Morgan fingerprint density at radius 2 is 1.68 bits per heavy atom. The van der Waals surface area contributed by atoms with E-state index in [0.29, 0.717) is 31.1 Å². The highest BCUT2D eigenvalue weighted by Crippen LogP contribution is 2.27. The van der Waals surface area contributed by atoms with Crippen LogP contribution in [0.5, 0.6) is 11.9 Å². The molecule has 1 aromatic carbocycles. The van der Waals surface area contributed by atoms with Gasteiger partial charge in [-0.25, -0.2) is 9.67 Å². The Morgan fingerprint density at radius 1 is 1.03 bits per heavy atom. The Kier molecular flexibility index (Phi) is 9.67. The molecule has 206 valence electrons. The summed E-state index contributed by atoms with van der Waals surface area (Å²) < 4.78 is 24.0. The zero-order valence-electron chi connectivity index (χ0n) is 23.8. The molecule has 0 N–H and O–H groups in total. The zero-order chi connectivity index (χ0) is 27.9. The van der Waals surface area contributed by atoms with Gasteiger partial charge in [-0.1, -0.05) is 43.9 Å². The van der Waals surface area contributed by atoms with Crippen LogP contribution in [0.3, 0.4) is 0 Å². The molecule has 2 heterocycles. The first-order chi connectivity index (χ1) is 17.9. The quantitative estimate of drug-likeness (QED) is 0.155. The Hall–Kier alpha value is -3.24. The number of esters is 1. The van der Waals surface area contributed by atoms with Gasteiger partial charge in [-0.2, -0.15) is 4.98 Å². The third-order valence-corrected chi connectivity index (χ3v) is 7.44. The van der Waals surface area contributed by atoms with Crippen LogP contribution in [0.1, 0.15) is 27.7 Å². The molecule has 0 saturated carbocycles. The van der Waals surface area contributed by atoms with Crippen LogP contribution in [-0.4, -0.2) is 60.2 Å². The smallest absolute Gasteiger partial charge is 0.336 e. The fourth-order valence-corrected chi connectivity index (χ4v) is 4.21. The molecular formula is C28H40N4O5Si. The maximum Gasteiger partial charge on any atom is 0.336 e. The standard InChI is InChI=1S/C28H40N4O5Si/c1-20(2)37-27-30-25(32(31-27)19-35-15-16-38(6,7)8)22-11-9-21(10-12-22)23-13-14-24(29-17-23)36-18-28(3,4)26(33)34-5/h9-14,17,20H,15-16,18-19H2,1-8H3. The molecule has 0 unspecified atom stereocenters. The highest BCUT2D eigenvalue weighted by Gasteiger charge is 2.30. The number of aromatic nitrogens is 4. The number of hydrogen-bond donors (Lipinski definition) is 0. The number of rotatable bonds is 13. The fourth-order valence-electron chi connectivity index (χ4n) is 3.45. The van der Waals surface area contributed by atoms with Crippen molar-refractivity contribution >= 4 is 14.0 Å². The Labute approximate surface area is 226 Å². The van der Waals surface area contributed by atoms with Crippen LogP contribution in [0.15, 0.2) is 42.6 Å². The van der Waals surface area contributed by atoms with Crippen molar-refractivity contribution in [3.05, 3.63) is 42.6 Å². The van der Waals surface area contributed by atoms with Crippen molar-refractivity contribution in [1.82, 2.24) is 19.7 Å². The normalized spacial score (nSPS) is 12.0. The van der Waals surface area contributed by atoms with Gasteiger partial charge in [0.25, 0.3) is 0 Å². The molecule has 3 aromatic rings. The van der Waals surface area contributed by atoms with Gasteiger partial charge in [0.2, 0.25) is 5.88 Å². The summed E-state index contributed by atoms with van der Waals surface area (Å²) in [5.74, 6) is 0.809. The summed E-state index contributed by atoms with van der Waals surface area (Å²) in [7, 11) is 0.191. The van der Waals surface area contributed by atoms with Gasteiger partial charge >= 0.3 is 12.0 Å². The van der Waals surface area contributed by atoms with Crippen molar-refractivity contribution in [1.29, 1.82) is 0 Å². The van der Waals surface area contributed by atoms with E-state index in [1.165, 1.54) is 7.11 Å². The highest BCUT2D eigenvalue weighted by atomic mass is 28.3. The minimum atomic E-state index is -1.18. The second kappa shape index (κ2) is 12.5. The lowest BCUT2D eigenvalue weighted by Gasteiger charge is -2.21. The Morgan fingerprint density at radius 3 is 2.26 bits per heavy atom. The van der Waals surface area contributed by atoms with Gasteiger partial charge in [-0.15, -0.1) is 5.10 Å². The monoisotopic (exact) mass is 540 g/mol. The summed E-state index contributed by atoms with van der Waals surface area (Å²) in [5, 5.41) is 4.52. The first-order valence-corrected chi connectivity index (χ1v) is 16.6. The van der Waals surface area contributed by atoms with Gasteiger partial charge in [-0.05, 0) is 45.4 Å². The number of benzene rings is 1. The van der Waals surface area contributed by atoms with Crippen LogP contribution in [0.2, 0.25) is 25.7 Å². The predicted octanol–water partition coefficient (Wildman–Crippen LogP) is 5.68. The van der Waals surface area contributed by atoms with Crippen molar-refractivity contribution in [2.24, 2.45) is 5.41 Å². The number of ether oxygens (including phenoxy) is 4. The molecule has 0 atom stereocenters. The third kappa shape index (κ3) is 8.39. The molecule has 0 radical (unpaired) electrons. The van der Waals surface area contributed by atoms with E-state index < -0.39 is 13.5 Å². The average Bonchev–Trinajstić information content (AvgIpc) is 3.26. The highest BCUT2D eigenvalue weighted by molar-refractivity contribution is 6.76. The maximum atomic E-state index is 11.8. The van der Waals surface area contributed by atoms with E-state index in [1.54, 1.807) is 30.8 Å². The summed E-state index contributed by atoms with van der Waals surface area (Å²) in [5.41, 5.74) is 2.09. The summed E-state index contributed by atoms with van der Waals surface area (Å²) in [4.78, 5) is 20.9. The SMILES string of the molecule is COC(=O)C(C)(C)COc1ccc(-c2ccc(-c3nc(OC(C)C)nn3COCC[Si](C)(C)C)cc2)cn1. The Balaban J connectivity index is 1.71. The van der Waals surface area contributed by atoms with Gasteiger partial charge in [-0.3, -0.25) is 4.79 Å². The molecule has 38 heavy (non-hydrogen) atoms. The van der Waals surface area contributed by atoms with E-state index >= 15 is 0 Å². The van der Waals surface area contributed by atoms with E-state index in [9.17, 15) is 4.79 Å². The summed E-state index contributed by atoms with van der Waals surface area (Å²) in [6.07, 6.45) is 1.72. The lowest BCUT2D eigenvalue weighted by molar-refractivity contribution is -0.152. The zero-order valence-corrected chi connectivity index (χ0v) is 24.8. The molecule has 10 heteroatoms. The molecule has 0 spiro atoms. The average molecular weight is 541 g/mol. The van der Waals surface area contributed by atoms with Crippen LogP contribution >= 0.6 is 0 Å². The second-order valence-corrected chi connectivity index (χ2v) is 17.0. The first-order valence-electron chi connectivity index (χ1n) is 12.9. The largest absolute Gasteiger partial charge is 0.476 e. The van der Waals surface area contributed by atoms with Crippen molar-refractivity contribution in [3.8, 4) is 34.4 Å². The number of methoxy groups -OCH3 is 1. The van der Waals surface area contributed by atoms with Crippen LogP contribution < -0.4 is 9.47 Å². The summed E-state index contributed by atoms with van der Waals surface area (Å²) in [6.45, 7) is 15.6. The summed E-state index contributed by atoms with van der Waals surface area (Å²) in [6, 6.07) is 13.2. The topological polar surface area (TPSA) is 97.6 Å². The molecule has 0 saturated heterocycles. The van der Waals surface area contributed by atoms with Gasteiger partial charge in [0.1, 0.15) is 13.3 Å². The van der Waals surface area contributed by atoms with Crippen molar-refractivity contribution in [2.45, 2.75) is 66.2 Å². The predicted molar refractivity (Wildman–Crippen MR) is 150 cm³/mol. The number of carbonyl (C=O) groups is 1. The van der Waals surface area contributed by atoms with Crippen LogP contribution in [0, 0.1) is 5.41 Å². The minimum Gasteiger partial charge on any atom is -0.476 e. The molecule has 0 fully saturated rings. The van der Waals surface area contributed by atoms with E-state index in [0.717, 1.165) is 22.7 Å². The minimum absolute atomic E-state index is 0.0279. The van der Waals surface area contributed by atoms with E-state index in [1.807, 2.05) is 44.2 Å². The van der Waals surface area contributed by atoms with Gasteiger partial charge < -0.3 is 18.9 Å². The lowest BCUT2D eigenvalue weighted by atomic mass is 9.95. The summed E-state index contributed by atoms with van der Waals surface area (Å²) >= 11 is 0. The molecule has 9 nitrogen and oxygen atoms in total. The Bertz CT molecular complexity index is 1190. The van der Waals surface area contributed by atoms with E-state index in [2.05, 4.69) is 34.7 Å².